The zero-order chi connectivity index (χ0) is 44.1. The summed E-state index contributed by atoms with van der Waals surface area (Å²) in [7, 11) is 0. The van der Waals surface area contributed by atoms with Gasteiger partial charge in [-0.3, -0.25) is 38.6 Å². The molecule has 0 saturated carbocycles. The first-order chi connectivity index (χ1) is 28.0. The standard InChI is InChI=1S/C36H51N11O11S/c37-16-29(51)42-27(18-59)34(56)45-24(15-28(38)50)32(54)47-26(17-48)33(55)44-23(13-19-5-2-1-3-6-19)31(53)43-22(7-4-12-41-36(39)40)30(52)46-25(35(57)58)14-20-8-10-21(49)11-9-20/h1-3,5-6,8-11,22-27,48-49,59H,4,7,12-18,37H2,(H2,38,50)(H,42,51)(H,43,53)(H,44,55)(H,45,56)(H,46,52)(H,47,54)(H,57,58)(H4,39,40,41). The fourth-order valence-corrected chi connectivity index (χ4v) is 5.57. The van der Waals surface area contributed by atoms with E-state index in [1.807, 2.05) is 0 Å². The molecule has 59 heavy (non-hydrogen) atoms. The number of hydrogen-bond donors (Lipinski definition) is 14. The number of carbonyl (C=O) groups is 8. The number of nitrogens with one attached hydrogen (secondary N) is 6. The number of primary amides is 1. The Kier molecular flexibility index (Phi) is 20.6. The highest BCUT2D eigenvalue weighted by Crippen LogP contribution is 2.12. The van der Waals surface area contributed by atoms with Crippen molar-refractivity contribution in [1.82, 2.24) is 31.9 Å². The van der Waals surface area contributed by atoms with E-state index in [9.17, 15) is 53.7 Å². The van der Waals surface area contributed by atoms with E-state index < -0.39 is 103 Å². The Morgan fingerprint density at radius 1 is 0.644 bits per heavy atom. The smallest absolute Gasteiger partial charge is 0.326 e. The maximum absolute atomic E-state index is 13.9. The van der Waals surface area contributed by atoms with Gasteiger partial charge >= 0.3 is 5.97 Å². The van der Waals surface area contributed by atoms with Crippen molar-refractivity contribution in [3.8, 4) is 5.75 Å². The molecule has 0 saturated heterocycles. The number of aliphatic hydroxyl groups is 1. The topological polar surface area (TPSA) is 386 Å². The molecule has 322 valence electrons. The minimum absolute atomic E-state index is 0.0365. The van der Waals surface area contributed by atoms with E-state index in [4.69, 9.17) is 22.9 Å². The normalized spacial score (nSPS) is 13.7. The highest BCUT2D eigenvalue weighted by Gasteiger charge is 2.33. The molecule has 6 atom stereocenters. The number of aliphatic hydroxyl groups excluding tert-OH is 1. The minimum atomic E-state index is -1.77. The second-order valence-corrected chi connectivity index (χ2v) is 13.4. The van der Waals surface area contributed by atoms with Gasteiger partial charge in [0.25, 0.3) is 0 Å². The monoisotopic (exact) mass is 845 g/mol. The summed E-state index contributed by atoms with van der Waals surface area (Å²) < 4.78 is 0. The fourth-order valence-electron chi connectivity index (χ4n) is 5.31. The number of nitrogens with two attached hydrogens (primary N) is 4. The zero-order valence-corrected chi connectivity index (χ0v) is 32.7. The van der Waals surface area contributed by atoms with Crippen LogP contribution in [0.3, 0.4) is 0 Å². The number of phenols is 1. The van der Waals surface area contributed by atoms with Crippen LogP contribution in [0.4, 0.5) is 0 Å². The number of aliphatic carboxylic acids is 1. The van der Waals surface area contributed by atoms with Crippen LogP contribution in [0.1, 0.15) is 30.4 Å². The zero-order valence-electron chi connectivity index (χ0n) is 31.8. The molecule has 22 nitrogen and oxygen atoms in total. The predicted molar refractivity (Wildman–Crippen MR) is 215 cm³/mol. The van der Waals surface area contributed by atoms with Crippen LogP contribution in [-0.4, -0.2) is 130 Å². The third-order valence-corrected chi connectivity index (χ3v) is 8.72. The molecular weight excluding hydrogens is 795 g/mol. The number of thiol groups is 1. The lowest BCUT2D eigenvalue weighted by atomic mass is 10.0. The van der Waals surface area contributed by atoms with Crippen LogP contribution in [0.25, 0.3) is 0 Å². The van der Waals surface area contributed by atoms with Crippen LogP contribution in [0.2, 0.25) is 0 Å². The molecule has 0 aromatic heterocycles. The van der Waals surface area contributed by atoms with Gasteiger partial charge in [0.2, 0.25) is 41.4 Å². The molecule has 0 heterocycles. The predicted octanol–water partition coefficient (Wildman–Crippen LogP) is -5.02. The summed E-state index contributed by atoms with van der Waals surface area (Å²) in [6.45, 7) is -1.46. The molecule has 0 aliphatic heterocycles. The van der Waals surface area contributed by atoms with Gasteiger partial charge < -0.3 is 70.2 Å². The van der Waals surface area contributed by atoms with E-state index in [1.54, 1.807) is 30.3 Å². The molecule has 23 heteroatoms. The largest absolute Gasteiger partial charge is 0.508 e. The maximum Gasteiger partial charge on any atom is 0.326 e. The van der Waals surface area contributed by atoms with Crippen molar-refractivity contribution in [3.63, 3.8) is 0 Å². The lowest BCUT2D eigenvalue weighted by Crippen LogP contribution is -2.61. The number of nitrogens with zero attached hydrogens (tertiary/aromatic N) is 1. The maximum atomic E-state index is 13.9. The number of carboxylic acids is 1. The number of amides is 7. The highest BCUT2D eigenvalue weighted by molar-refractivity contribution is 7.80. The molecule has 0 fully saturated rings. The molecule has 0 aliphatic carbocycles. The molecule has 7 amide bonds. The fraction of sp³-hybridized carbons (Fsp3) is 0.417. The van der Waals surface area contributed by atoms with Gasteiger partial charge in [-0.05, 0) is 36.1 Å². The van der Waals surface area contributed by atoms with Gasteiger partial charge in [-0.1, -0.05) is 42.5 Å². The molecule has 0 bridgehead atoms. The van der Waals surface area contributed by atoms with E-state index in [1.165, 1.54) is 24.3 Å². The van der Waals surface area contributed by atoms with Gasteiger partial charge in [-0.25, -0.2) is 4.79 Å². The molecule has 6 unspecified atom stereocenters. The Labute approximate surface area is 344 Å². The molecule has 2 rings (SSSR count). The van der Waals surface area contributed by atoms with Crippen molar-refractivity contribution in [3.05, 3.63) is 65.7 Å². The summed E-state index contributed by atoms with van der Waals surface area (Å²) in [4.78, 5) is 107. The minimum Gasteiger partial charge on any atom is -0.508 e. The van der Waals surface area contributed by atoms with Crippen LogP contribution in [-0.2, 0) is 51.2 Å². The Hall–Kier alpha value is -6.46. The van der Waals surface area contributed by atoms with Crippen molar-refractivity contribution in [1.29, 1.82) is 0 Å². The van der Waals surface area contributed by atoms with E-state index >= 15 is 0 Å². The van der Waals surface area contributed by atoms with Gasteiger partial charge in [0.1, 0.15) is 42.0 Å². The van der Waals surface area contributed by atoms with Crippen molar-refractivity contribution in [2.24, 2.45) is 27.9 Å². The molecule has 0 spiro atoms. The third-order valence-electron chi connectivity index (χ3n) is 8.36. The molecule has 0 aliphatic rings. The van der Waals surface area contributed by atoms with Crippen LogP contribution < -0.4 is 54.8 Å². The summed E-state index contributed by atoms with van der Waals surface area (Å²) in [6, 6.07) is 4.89. The summed E-state index contributed by atoms with van der Waals surface area (Å²) in [6.07, 6.45) is -1.08. The van der Waals surface area contributed by atoms with E-state index in [0.29, 0.717) is 11.1 Å². The molecule has 0 radical (unpaired) electrons. The van der Waals surface area contributed by atoms with Crippen molar-refractivity contribution < 1.29 is 53.7 Å². The summed E-state index contributed by atoms with van der Waals surface area (Å²) in [5.41, 5.74) is 22.4. The number of rotatable bonds is 25. The van der Waals surface area contributed by atoms with E-state index in [2.05, 4.69) is 49.5 Å². The second-order valence-electron chi connectivity index (χ2n) is 13.0. The summed E-state index contributed by atoms with van der Waals surface area (Å²) in [5.74, 6) is -8.65. The van der Waals surface area contributed by atoms with Crippen LogP contribution >= 0.6 is 12.6 Å². The first-order valence-electron chi connectivity index (χ1n) is 18.1. The summed E-state index contributed by atoms with van der Waals surface area (Å²) >= 11 is 4.00. The van der Waals surface area contributed by atoms with Gasteiger partial charge in [0.15, 0.2) is 5.96 Å². The van der Waals surface area contributed by atoms with Crippen LogP contribution in [0.15, 0.2) is 59.6 Å². The van der Waals surface area contributed by atoms with Crippen molar-refractivity contribution in [2.75, 3.05) is 25.4 Å². The van der Waals surface area contributed by atoms with Crippen molar-refractivity contribution in [2.45, 2.75) is 68.4 Å². The first kappa shape index (κ1) is 48.7. The first-order valence-corrected chi connectivity index (χ1v) is 18.7. The number of carboxylic acid groups (broad SMARTS) is 1. The number of carbonyl (C=O) groups excluding carboxylic acids is 7. The van der Waals surface area contributed by atoms with Gasteiger partial charge in [-0.2, -0.15) is 12.6 Å². The Balaban J connectivity index is 2.35. The lowest BCUT2D eigenvalue weighted by molar-refractivity contribution is -0.142. The lowest BCUT2D eigenvalue weighted by Gasteiger charge is -2.27. The van der Waals surface area contributed by atoms with E-state index in [-0.39, 0.29) is 49.7 Å². The molecule has 2 aromatic carbocycles. The number of aromatic hydroxyl groups is 1. The van der Waals surface area contributed by atoms with Gasteiger partial charge in [0.05, 0.1) is 19.6 Å². The molecular formula is C36H51N11O11S. The highest BCUT2D eigenvalue weighted by atomic mass is 32.1. The number of aliphatic imine (C=N–C) groups is 1. The Morgan fingerprint density at radius 2 is 1.14 bits per heavy atom. The second kappa shape index (κ2) is 25.0. The molecule has 17 N–H and O–H groups in total. The third kappa shape index (κ3) is 17.7. The Morgan fingerprint density at radius 3 is 1.69 bits per heavy atom. The van der Waals surface area contributed by atoms with Crippen LogP contribution in [0, 0.1) is 0 Å². The number of hydrogen-bond acceptors (Lipinski definition) is 13. The quantitative estimate of drug-likeness (QED) is 0.0193. The van der Waals surface area contributed by atoms with Crippen molar-refractivity contribution >= 4 is 65.9 Å². The molecule has 2 aromatic rings. The van der Waals surface area contributed by atoms with Gasteiger partial charge in [0, 0.05) is 25.1 Å². The van der Waals surface area contributed by atoms with Gasteiger partial charge in [-0.15, -0.1) is 0 Å². The SMILES string of the molecule is NCC(=O)NC(CS)C(=O)NC(CC(N)=O)C(=O)NC(CO)C(=O)NC(Cc1ccccc1)C(=O)NC(CCCN=C(N)N)C(=O)NC(Cc1ccc(O)cc1)C(=O)O. The van der Waals surface area contributed by atoms with Crippen LogP contribution in [0.5, 0.6) is 5.75 Å². The average molecular weight is 846 g/mol. The summed E-state index contributed by atoms with van der Waals surface area (Å²) in [5, 5.41) is 43.8. The van der Waals surface area contributed by atoms with E-state index in [0.717, 1.165) is 0 Å². The number of guanidine groups is 1. The number of phenolic OH excluding ortho intramolecular Hbond substituents is 1. The average Bonchev–Trinajstić information content (AvgIpc) is 3.19. The number of benzene rings is 2. The Bertz CT molecular complexity index is 1800.